The van der Waals surface area contributed by atoms with Crippen LogP contribution in [0.15, 0.2) is 49.1 Å². The molecule has 2 atom stereocenters. The van der Waals surface area contributed by atoms with E-state index in [4.69, 9.17) is 0 Å². The van der Waals surface area contributed by atoms with E-state index in [2.05, 4.69) is 37.3 Å². The molecule has 0 saturated carbocycles. The summed E-state index contributed by atoms with van der Waals surface area (Å²) in [4.78, 5) is 29.7. The van der Waals surface area contributed by atoms with E-state index in [1.807, 2.05) is 12.1 Å². The zero-order valence-corrected chi connectivity index (χ0v) is 19.1. The van der Waals surface area contributed by atoms with Gasteiger partial charge in [-0.25, -0.2) is 18.7 Å². The number of aliphatic hydroxyl groups excluding tert-OH is 1. The highest BCUT2D eigenvalue weighted by Crippen LogP contribution is 2.26. The van der Waals surface area contributed by atoms with Crippen molar-refractivity contribution in [2.45, 2.75) is 38.0 Å². The number of aliphatic hydroxyl groups is 1. The molecule has 5 rings (SSSR count). The third kappa shape index (κ3) is 5.15. The molecule has 3 aromatic rings. The van der Waals surface area contributed by atoms with Crippen LogP contribution in [0.25, 0.3) is 5.95 Å². The standard InChI is InChI=1S/C24H27F2N7O2/c25-21(26)12-28-22-11-18(29-24(30-22)33-10-7-27-15-33)23(35)32-9-6-19(20(34)14-32)31-8-5-16-3-1-2-4-17(16)13-31/h1-4,7,10-11,15,19-21,34H,5-6,8-9,12-14H2,(H,28,29,30)/t19-,20-/m1/s1. The normalized spacial score (nSPS) is 20.6. The number of fused-ring (bicyclic) bond motifs is 1. The molecule has 2 aliphatic heterocycles. The number of imidazole rings is 1. The van der Waals surface area contributed by atoms with Crippen molar-refractivity contribution in [1.29, 1.82) is 0 Å². The fourth-order valence-electron chi connectivity index (χ4n) is 4.80. The van der Waals surface area contributed by atoms with Crippen LogP contribution in [-0.2, 0) is 13.0 Å². The van der Waals surface area contributed by atoms with E-state index in [-0.39, 0.29) is 36.0 Å². The summed E-state index contributed by atoms with van der Waals surface area (Å²) in [5.41, 5.74) is 2.69. The first-order valence-electron chi connectivity index (χ1n) is 11.7. The second-order valence-electron chi connectivity index (χ2n) is 8.84. The lowest BCUT2D eigenvalue weighted by atomic mass is 9.94. The molecular formula is C24H27F2N7O2. The van der Waals surface area contributed by atoms with E-state index in [0.29, 0.717) is 13.0 Å². The van der Waals surface area contributed by atoms with Crippen LogP contribution in [0.3, 0.4) is 0 Å². The fraction of sp³-hybridized carbons (Fsp3) is 0.417. The Morgan fingerprint density at radius 1 is 1.20 bits per heavy atom. The van der Waals surface area contributed by atoms with Crippen molar-refractivity contribution >= 4 is 11.7 Å². The molecule has 0 bridgehead atoms. The van der Waals surface area contributed by atoms with Gasteiger partial charge in [-0.15, -0.1) is 0 Å². The van der Waals surface area contributed by atoms with Gasteiger partial charge in [0, 0.05) is 50.7 Å². The molecule has 9 nitrogen and oxygen atoms in total. The maximum atomic E-state index is 13.3. The number of rotatable bonds is 6. The lowest BCUT2D eigenvalue weighted by Crippen LogP contribution is -2.56. The molecule has 4 heterocycles. The first-order valence-corrected chi connectivity index (χ1v) is 11.7. The smallest absolute Gasteiger partial charge is 0.272 e. The van der Waals surface area contributed by atoms with Gasteiger partial charge < -0.3 is 15.3 Å². The van der Waals surface area contributed by atoms with Crippen molar-refractivity contribution in [2.24, 2.45) is 0 Å². The number of carbonyl (C=O) groups is 1. The summed E-state index contributed by atoms with van der Waals surface area (Å²) in [5, 5.41) is 13.5. The largest absolute Gasteiger partial charge is 0.390 e. The van der Waals surface area contributed by atoms with Crippen LogP contribution in [0.5, 0.6) is 0 Å². The van der Waals surface area contributed by atoms with Gasteiger partial charge in [0.1, 0.15) is 17.8 Å². The molecule has 2 aromatic heterocycles. The van der Waals surface area contributed by atoms with Crippen LogP contribution >= 0.6 is 0 Å². The number of benzene rings is 1. The van der Waals surface area contributed by atoms with Gasteiger partial charge >= 0.3 is 0 Å². The average Bonchev–Trinajstić information content (AvgIpc) is 3.42. The minimum Gasteiger partial charge on any atom is -0.390 e. The first-order chi connectivity index (χ1) is 17.0. The van der Waals surface area contributed by atoms with Crippen LogP contribution in [0.4, 0.5) is 14.6 Å². The molecule has 1 saturated heterocycles. The molecule has 1 amide bonds. The monoisotopic (exact) mass is 483 g/mol. The van der Waals surface area contributed by atoms with Crippen molar-refractivity contribution in [3.63, 3.8) is 0 Å². The predicted octanol–water partition coefficient (Wildman–Crippen LogP) is 1.97. The SMILES string of the molecule is O=C(c1cc(NCC(F)F)nc(-n2ccnc2)n1)N1CC[C@@H](N2CCc3ccccc3C2)[C@H](O)C1. The summed E-state index contributed by atoms with van der Waals surface area (Å²) in [6.07, 6.45) is 2.89. The number of carbonyl (C=O) groups excluding carboxylic acids is 1. The third-order valence-corrected chi connectivity index (χ3v) is 6.57. The highest BCUT2D eigenvalue weighted by molar-refractivity contribution is 5.93. The quantitative estimate of drug-likeness (QED) is 0.553. The summed E-state index contributed by atoms with van der Waals surface area (Å²) >= 11 is 0. The number of nitrogens with one attached hydrogen (secondary N) is 1. The lowest BCUT2D eigenvalue weighted by Gasteiger charge is -2.43. The Morgan fingerprint density at radius 2 is 2.03 bits per heavy atom. The number of β-amino-alcohol motifs (C(OH)–C–C–N with tert-alkyl or cyclic N) is 1. The van der Waals surface area contributed by atoms with Crippen LogP contribution in [-0.4, -0.2) is 85.1 Å². The van der Waals surface area contributed by atoms with Gasteiger partial charge in [-0.05, 0) is 24.0 Å². The van der Waals surface area contributed by atoms with E-state index in [1.165, 1.54) is 34.3 Å². The van der Waals surface area contributed by atoms with Gasteiger partial charge in [-0.3, -0.25) is 14.3 Å². The van der Waals surface area contributed by atoms with Gasteiger partial charge in [0.25, 0.3) is 12.3 Å². The number of nitrogens with zero attached hydrogens (tertiary/aromatic N) is 6. The van der Waals surface area contributed by atoms with E-state index >= 15 is 0 Å². The molecule has 1 aromatic carbocycles. The summed E-state index contributed by atoms with van der Waals surface area (Å²) in [6, 6.07) is 9.68. The van der Waals surface area contributed by atoms with Crippen molar-refractivity contribution in [2.75, 3.05) is 31.5 Å². The highest BCUT2D eigenvalue weighted by Gasteiger charge is 2.36. The van der Waals surface area contributed by atoms with Gasteiger partial charge in [-0.1, -0.05) is 24.3 Å². The lowest BCUT2D eigenvalue weighted by molar-refractivity contribution is -0.0139. The molecular weight excluding hydrogens is 456 g/mol. The Kier molecular flexibility index (Phi) is 6.69. The molecule has 0 spiro atoms. The van der Waals surface area contributed by atoms with Crippen molar-refractivity contribution < 1.29 is 18.7 Å². The van der Waals surface area contributed by atoms with Crippen LogP contribution in [0, 0.1) is 0 Å². The predicted molar refractivity (Wildman–Crippen MR) is 125 cm³/mol. The van der Waals surface area contributed by atoms with Crippen molar-refractivity contribution in [3.8, 4) is 5.95 Å². The molecule has 2 N–H and O–H groups in total. The Labute approximate surface area is 201 Å². The van der Waals surface area contributed by atoms with Gasteiger partial charge in [0.2, 0.25) is 5.95 Å². The van der Waals surface area contributed by atoms with Crippen molar-refractivity contribution in [3.05, 3.63) is 65.9 Å². The number of aromatic nitrogens is 4. The summed E-state index contributed by atoms with van der Waals surface area (Å²) in [6.45, 7) is 1.68. The van der Waals surface area contributed by atoms with Crippen LogP contribution in [0.2, 0.25) is 0 Å². The summed E-state index contributed by atoms with van der Waals surface area (Å²) < 4.78 is 27.0. The minimum atomic E-state index is -2.57. The second kappa shape index (κ2) is 10.0. The number of amides is 1. The Bertz CT molecular complexity index is 1170. The molecule has 11 heteroatoms. The maximum absolute atomic E-state index is 13.3. The number of piperidine rings is 1. The number of anilines is 1. The Morgan fingerprint density at radius 3 is 2.77 bits per heavy atom. The molecule has 0 aliphatic carbocycles. The van der Waals surface area contributed by atoms with Crippen molar-refractivity contribution in [1.82, 2.24) is 29.3 Å². The molecule has 1 fully saturated rings. The number of likely N-dealkylation sites (tertiary alicyclic amines) is 1. The second-order valence-corrected chi connectivity index (χ2v) is 8.84. The van der Waals surface area contributed by atoms with Gasteiger partial charge in [0.15, 0.2) is 0 Å². The van der Waals surface area contributed by atoms with Gasteiger partial charge in [0.05, 0.1) is 12.6 Å². The van der Waals surface area contributed by atoms with E-state index in [9.17, 15) is 18.7 Å². The average molecular weight is 484 g/mol. The van der Waals surface area contributed by atoms with E-state index < -0.39 is 19.1 Å². The van der Waals surface area contributed by atoms with E-state index in [1.54, 1.807) is 11.1 Å². The molecule has 184 valence electrons. The first kappa shape index (κ1) is 23.3. The molecule has 35 heavy (non-hydrogen) atoms. The highest BCUT2D eigenvalue weighted by atomic mass is 19.3. The Balaban J connectivity index is 1.30. The fourth-order valence-corrected chi connectivity index (χ4v) is 4.80. The summed E-state index contributed by atoms with van der Waals surface area (Å²) in [5.74, 6) is -0.113. The number of halogens is 2. The van der Waals surface area contributed by atoms with E-state index in [0.717, 1.165) is 19.5 Å². The topological polar surface area (TPSA) is 99.4 Å². The molecule has 0 radical (unpaired) electrons. The summed E-state index contributed by atoms with van der Waals surface area (Å²) in [7, 11) is 0. The zero-order valence-electron chi connectivity index (χ0n) is 19.1. The van der Waals surface area contributed by atoms with Crippen LogP contribution in [0.1, 0.15) is 28.0 Å². The van der Waals surface area contributed by atoms with Gasteiger partial charge in [-0.2, -0.15) is 4.98 Å². The third-order valence-electron chi connectivity index (χ3n) is 6.57. The molecule has 2 aliphatic rings. The number of alkyl halides is 2. The molecule has 0 unspecified atom stereocenters. The maximum Gasteiger partial charge on any atom is 0.272 e. The number of hydrogen-bond donors (Lipinski definition) is 2. The minimum absolute atomic E-state index is 0.0393. The number of hydrogen-bond acceptors (Lipinski definition) is 7. The Hall–Kier alpha value is -3.44. The van der Waals surface area contributed by atoms with Crippen LogP contribution < -0.4 is 5.32 Å². The zero-order chi connectivity index (χ0) is 24.4.